The van der Waals surface area contributed by atoms with Crippen molar-refractivity contribution in [3.05, 3.63) is 34.6 Å². The molecule has 0 unspecified atom stereocenters. The standard InChI is InChI=1S/C10H8F4O/c1-5-3-7(11)4-8(10(12,13)14)9(5)6(2)15/h3-4H,1-2H3. The van der Waals surface area contributed by atoms with Crippen LogP contribution in [0, 0.1) is 12.7 Å². The Bertz CT molecular complexity index is 407. The number of aryl methyl sites for hydroxylation is 1. The van der Waals surface area contributed by atoms with E-state index < -0.39 is 28.9 Å². The molecule has 0 spiro atoms. The first-order valence-electron chi connectivity index (χ1n) is 4.11. The van der Waals surface area contributed by atoms with Gasteiger partial charge in [-0.15, -0.1) is 0 Å². The van der Waals surface area contributed by atoms with E-state index in [0.29, 0.717) is 6.07 Å². The van der Waals surface area contributed by atoms with E-state index in [1.54, 1.807) is 0 Å². The lowest BCUT2D eigenvalue weighted by Gasteiger charge is -2.13. The van der Waals surface area contributed by atoms with Crippen molar-refractivity contribution in [2.75, 3.05) is 0 Å². The second-order valence-corrected chi connectivity index (χ2v) is 3.20. The number of halogens is 4. The number of hydrogen-bond donors (Lipinski definition) is 0. The molecule has 0 saturated carbocycles. The van der Waals surface area contributed by atoms with Crippen molar-refractivity contribution in [1.29, 1.82) is 0 Å². The van der Waals surface area contributed by atoms with E-state index in [-0.39, 0.29) is 5.56 Å². The van der Waals surface area contributed by atoms with Gasteiger partial charge in [0.05, 0.1) is 5.56 Å². The lowest BCUT2D eigenvalue weighted by atomic mass is 9.98. The fourth-order valence-electron chi connectivity index (χ4n) is 1.43. The summed E-state index contributed by atoms with van der Waals surface area (Å²) in [6, 6.07) is 1.25. The molecule has 0 bridgehead atoms. The molecule has 1 nitrogen and oxygen atoms in total. The number of rotatable bonds is 1. The molecule has 0 N–H and O–H groups in total. The Morgan fingerprint density at radius 1 is 1.27 bits per heavy atom. The average Bonchev–Trinajstić information content (AvgIpc) is 1.99. The maximum atomic E-state index is 12.8. The molecule has 0 aromatic heterocycles. The summed E-state index contributed by atoms with van der Waals surface area (Å²) >= 11 is 0. The zero-order chi connectivity index (χ0) is 11.8. The number of alkyl halides is 3. The van der Waals surface area contributed by atoms with Gasteiger partial charge in [-0.3, -0.25) is 4.79 Å². The zero-order valence-corrected chi connectivity index (χ0v) is 8.07. The molecule has 1 aromatic carbocycles. The molecule has 0 fully saturated rings. The fourth-order valence-corrected chi connectivity index (χ4v) is 1.43. The van der Waals surface area contributed by atoms with Crippen LogP contribution < -0.4 is 0 Å². The SMILES string of the molecule is CC(=O)c1c(C)cc(F)cc1C(F)(F)F. The highest BCUT2D eigenvalue weighted by atomic mass is 19.4. The molecule has 0 amide bonds. The van der Waals surface area contributed by atoms with E-state index in [9.17, 15) is 22.4 Å². The van der Waals surface area contributed by atoms with Crippen LogP contribution in [0.1, 0.15) is 28.4 Å². The van der Waals surface area contributed by atoms with Crippen molar-refractivity contribution in [1.82, 2.24) is 0 Å². The quantitative estimate of drug-likeness (QED) is 0.524. The monoisotopic (exact) mass is 220 g/mol. The van der Waals surface area contributed by atoms with Crippen LogP contribution in [0.3, 0.4) is 0 Å². The predicted octanol–water partition coefficient (Wildman–Crippen LogP) is 3.36. The van der Waals surface area contributed by atoms with E-state index in [4.69, 9.17) is 0 Å². The van der Waals surface area contributed by atoms with E-state index in [0.717, 1.165) is 13.0 Å². The average molecular weight is 220 g/mol. The summed E-state index contributed by atoms with van der Waals surface area (Å²) in [7, 11) is 0. The van der Waals surface area contributed by atoms with Gasteiger partial charge in [0.2, 0.25) is 0 Å². The molecule has 0 saturated heterocycles. The summed E-state index contributed by atoms with van der Waals surface area (Å²) in [6.45, 7) is 2.30. The Kier molecular flexibility index (Phi) is 2.83. The first-order valence-corrected chi connectivity index (χ1v) is 4.11. The highest BCUT2D eigenvalue weighted by Crippen LogP contribution is 2.34. The van der Waals surface area contributed by atoms with E-state index in [1.807, 2.05) is 0 Å². The molecule has 0 atom stereocenters. The lowest BCUT2D eigenvalue weighted by Crippen LogP contribution is -2.13. The van der Waals surface area contributed by atoms with Crippen LogP contribution in [0.25, 0.3) is 0 Å². The number of ketones is 1. The second-order valence-electron chi connectivity index (χ2n) is 3.20. The van der Waals surface area contributed by atoms with Crippen molar-refractivity contribution >= 4 is 5.78 Å². The van der Waals surface area contributed by atoms with Gasteiger partial charge < -0.3 is 0 Å². The zero-order valence-electron chi connectivity index (χ0n) is 8.07. The first-order chi connectivity index (χ1) is 6.73. The summed E-state index contributed by atoms with van der Waals surface area (Å²) < 4.78 is 50.1. The molecule has 0 radical (unpaired) electrons. The highest BCUT2D eigenvalue weighted by molar-refractivity contribution is 5.97. The van der Waals surface area contributed by atoms with E-state index >= 15 is 0 Å². The molecular weight excluding hydrogens is 212 g/mol. The van der Waals surface area contributed by atoms with E-state index in [1.165, 1.54) is 6.92 Å². The van der Waals surface area contributed by atoms with Crippen LogP contribution in [0.5, 0.6) is 0 Å². The van der Waals surface area contributed by atoms with Crippen molar-refractivity contribution in [2.45, 2.75) is 20.0 Å². The molecule has 0 aliphatic heterocycles. The van der Waals surface area contributed by atoms with Gasteiger partial charge in [-0.25, -0.2) is 4.39 Å². The molecule has 5 heteroatoms. The van der Waals surface area contributed by atoms with Gasteiger partial charge in [0.25, 0.3) is 0 Å². The molecule has 0 aliphatic carbocycles. The molecular formula is C10H8F4O. The van der Waals surface area contributed by atoms with Crippen LogP contribution in [-0.4, -0.2) is 5.78 Å². The van der Waals surface area contributed by atoms with Crippen LogP contribution in [0.2, 0.25) is 0 Å². The molecule has 1 rings (SSSR count). The Morgan fingerprint density at radius 2 is 1.80 bits per heavy atom. The van der Waals surface area contributed by atoms with Gasteiger partial charge in [-0.2, -0.15) is 13.2 Å². The maximum Gasteiger partial charge on any atom is 0.417 e. The molecule has 1 aromatic rings. The van der Waals surface area contributed by atoms with Gasteiger partial charge in [0, 0.05) is 5.56 Å². The van der Waals surface area contributed by atoms with Crippen LogP contribution in [0.15, 0.2) is 12.1 Å². The topological polar surface area (TPSA) is 17.1 Å². The summed E-state index contributed by atoms with van der Waals surface area (Å²) in [4.78, 5) is 11.0. The minimum atomic E-state index is -4.71. The van der Waals surface area contributed by atoms with Crippen molar-refractivity contribution in [3.8, 4) is 0 Å². The lowest BCUT2D eigenvalue weighted by molar-refractivity contribution is -0.138. The van der Waals surface area contributed by atoms with Gasteiger partial charge in [-0.1, -0.05) is 0 Å². The number of benzene rings is 1. The minimum Gasteiger partial charge on any atom is -0.294 e. The van der Waals surface area contributed by atoms with Crippen LogP contribution >= 0.6 is 0 Å². The highest BCUT2D eigenvalue weighted by Gasteiger charge is 2.35. The summed E-state index contributed by atoms with van der Waals surface area (Å²) in [5.41, 5.74) is -1.69. The number of Topliss-reactive ketones (excluding diaryl/α,β-unsaturated/α-hetero) is 1. The Morgan fingerprint density at radius 3 is 2.20 bits per heavy atom. The third-order valence-electron chi connectivity index (χ3n) is 1.96. The normalized spacial score (nSPS) is 11.6. The number of carbonyl (C=O) groups excluding carboxylic acids is 1. The van der Waals surface area contributed by atoms with Crippen molar-refractivity contribution in [3.63, 3.8) is 0 Å². The third kappa shape index (κ3) is 2.34. The van der Waals surface area contributed by atoms with Crippen molar-refractivity contribution < 1.29 is 22.4 Å². The van der Waals surface area contributed by atoms with Gasteiger partial charge in [0.1, 0.15) is 5.82 Å². The molecule has 82 valence electrons. The predicted molar refractivity (Wildman–Crippen MR) is 46.1 cm³/mol. The summed E-state index contributed by atoms with van der Waals surface area (Å²) in [5, 5.41) is 0. The number of hydrogen-bond acceptors (Lipinski definition) is 1. The molecule has 0 heterocycles. The fraction of sp³-hybridized carbons (Fsp3) is 0.300. The molecule has 15 heavy (non-hydrogen) atoms. The van der Waals surface area contributed by atoms with Crippen LogP contribution in [0.4, 0.5) is 17.6 Å². The van der Waals surface area contributed by atoms with Crippen LogP contribution in [-0.2, 0) is 6.18 Å². The largest absolute Gasteiger partial charge is 0.417 e. The van der Waals surface area contributed by atoms with Gasteiger partial charge >= 0.3 is 6.18 Å². The minimum absolute atomic E-state index is 0.00479. The van der Waals surface area contributed by atoms with Gasteiger partial charge in [0.15, 0.2) is 5.78 Å². The Labute approximate surface area is 83.7 Å². The first kappa shape index (κ1) is 11.7. The Hall–Kier alpha value is -1.39. The maximum absolute atomic E-state index is 12.8. The van der Waals surface area contributed by atoms with E-state index in [2.05, 4.69) is 0 Å². The van der Waals surface area contributed by atoms with Gasteiger partial charge in [-0.05, 0) is 31.5 Å². The Balaban J connectivity index is 3.54. The summed E-state index contributed by atoms with van der Waals surface area (Å²) in [5.74, 6) is -1.72. The summed E-state index contributed by atoms with van der Waals surface area (Å²) in [6.07, 6.45) is -4.71. The smallest absolute Gasteiger partial charge is 0.294 e. The number of carbonyl (C=O) groups is 1. The second kappa shape index (κ2) is 3.64. The third-order valence-corrected chi connectivity index (χ3v) is 1.96. The van der Waals surface area contributed by atoms with Crippen molar-refractivity contribution in [2.24, 2.45) is 0 Å². The molecule has 0 aliphatic rings.